The molecule has 8 aromatic rings. The van der Waals surface area contributed by atoms with Crippen molar-refractivity contribution in [3.05, 3.63) is 124 Å². The first-order valence-corrected chi connectivity index (χ1v) is 23.0. The number of unbranched alkanes of at least 4 members (excludes halogenated alkanes) is 5. The lowest BCUT2D eigenvalue weighted by atomic mass is 10.1. The van der Waals surface area contributed by atoms with Crippen LogP contribution < -0.4 is 36.4 Å². The molecule has 0 saturated heterocycles. The number of anilines is 6. The topological polar surface area (TPSA) is 195 Å². The van der Waals surface area contributed by atoms with Gasteiger partial charge in [0.25, 0.3) is 5.95 Å². The Bertz CT molecular complexity index is 2970. The average molecular weight is 907 g/mol. The van der Waals surface area contributed by atoms with Gasteiger partial charge >= 0.3 is 17.3 Å². The van der Waals surface area contributed by atoms with Crippen LogP contribution in [0.15, 0.2) is 116 Å². The summed E-state index contributed by atoms with van der Waals surface area (Å²) in [7, 11) is 1.86. The van der Waals surface area contributed by atoms with E-state index in [4.69, 9.17) is 13.6 Å². The van der Waals surface area contributed by atoms with Crippen molar-refractivity contribution >= 4 is 57.1 Å². The highest BCUT2D eigenvalue weighted by atomic mass is 16.5. The van der Waals surface area contributed by atoms with E-state index in [2.05, 4.69) is 66.4 Å². The normalized spacial score (nSPS) is 11.0. The van der Waals surface area contributed by atoms with Crippen molar-refractivity contribution in [1.29, 1.82) is 0 Å². The van der Waals surface area contributed by atoms with Crippen LogP contribution in [0.1, 0.15) is 78.2 Å². The van der Waals surface area contributed by atoms with Crippen LogP contribution in [0.5, 0.6) is 6.01 Å². The minimum Gasteiger partial charge on any atom is -0.463 e. The third kappa shape index (κ3) is 12.4. The van der Waals surface area contributed by atoms with Crippen LogP contribution in [0.25, 0.3) is 39.0 Å². The summed E-state index contributed by atoms with van der Waals surface area (Å²) in [5, 5.41) is 12.4. The van der Waals surface area contributed by atoms with Crippen LogP contribution in [-0.2, 0) is 0 Å². The standard InChI is InChI=1S/C26H29N5O3.C24H29N7O2/c1-5-15-33-26-28-24(27-25(29-26)31(6-2)7-3)30(4)20-14-13-19-16-21(18-11-9-8-10-12-18)23(32)34-22(19)17-20;1-3-4-5-6-7-8-12-25-22-28-23(30-24(29-22)31-14-9-13-26-31)27-19-11-10-18-15-17(2)21(32)33-20(18)16-19/h8-14,16-17H,5-7,15H2,1-4H3;9-11,13-16H,3-8,12H2,1-2H3,(H2,25,27,28,29,30). The molecule has 0 unspecified atom stereocenters. The van der Waals surface area contributed by atoms with Gasteiger partial charge in [-0.15, -0.1) is 0 Å². The molecule has 17 heteroatoms. The van der Waals surface area contributed by atoms with E-state index in [-0.39, 0.29) is 11.3 Å². The molecule has 17 nitrogen and oxygen atoms in total. The summed E-state index contributed by atoms with van der Waals surface area (Å²) in [6.45, 7) is 12.9. The summed E-state index contributed by atoms with van der Waals surface area (Å²) in [6, 6.07) is 26.5. The number of ether oxygens (including phenoxy) is 1. The maximum absolute atomic E-state index is 12.7. The maximum Gasteiger partial charge on any atom is 0.344 e. The number of nitrogens with one attached hydrogen (secondary N) is 2. The van der Waals surface area contributed by atoms with Crippen LogP contribution in [-0.4, -0.2) is 73.0 Å². The summed E-state index contributed by atoms with van der Waals surface area (Å²) in [5.41, 5.74) is 3.69. The minimum atomic E-state index is -0.377. The number of hydrogen-bond acceptors (Lipinski definition) is 16. The molecule has 5 heterocycles. The fourth-order valence-electron chi connectivity index (χ4n) is 7.15. The predicted molar refractivity (Wildman–Crippen MR) is 264 cm³/mol. The van der Waals surface area contributed by atoms with E-state index in [1.165, 1.54) is 32.1 Å². The Hall–Kier alpha value is -7.69. The van der Waals surface area contributed by atoms with Gasteiger partial charge in [-0.3, -0.25) is 0 Å². The third-order valence-corrected chi connectivity index (χ3v) is 10.9. The van der Waals surface area contributed by atoms with Crippen molar-refractivity contribution in [3.8, 4) is 23.1 Å². The highest BCUT2D eigenvalue weighted by Crippen LogP contribution is 2.29. The number of nitrogens with zero attached hydrogens (tertiary/aromatic N) is 10. The first kappa shape index (κ1) is 47.3. The van der Waals surface area contributed by atoms with E-state index in [0.717, 1.165) is 54.5 Å². The molecule has 0 aliphatic heterocycles. The van der Waals surface area contributed by atoms with Crippen molar-refractivity contribution in [1.82, 2.24) is 39.7 Å². The Morgan fingerprint density at radius 3 is 2.16 bits per heavy atom. The second-order valence-corrected chi connectivity index (χ2v) is 15.9. The molecule has 67 heavy (non-hydrogen) atoms. The van der Waals surface area contributed by atoms with Crippen molar-refractivity contribution in [2.24, 2.45) is 0 Å². The van der Waals surface area contributed by atoms with Gasteiger partial charge in [0.1, 0.15) is 11.2 Å². The molecule has 0 saturated carbocycles. The monoisotopic (exact) mass is 906 g/mol. The molecule has 0 fully saturated rings. The number of aryl methyl sites for hydroxylation is 1. The number of aromatic nitrogens is 8. The Morgan fingerprint density at radius 1 is 0.687 bits per heavy atom. The first-order chi connectivity index (χ1) is 32.7. The average Bonchev–Trinajstić information content (AvgIpc) is 3.89. The van der Waals surface area contributed by atoms with Crippen molar-refractivity contribution in [3.63, 3.8) is 0 Å². The summed E-state index contributed by atoms with van der Waals surface area (Å²) in [6.07, 6.45) is 11.6. The molecule has 0 aliphatic rings. The summed E-state index contributed by atoms with van der Waals surface area (Å²) in [5.74, 6) is 2.27. The van der Waals surface area contributed by atoms with Crippen molar-refractivity contribution in [2.75, 3.05) is 53.7 Å². The van der Waals surface area contributed by atoms with E-state index >= 15 is 0 Å². The molecular formula is C50H58N12O5. The first-order valence-electron chi connectivity index (χ1n) is 23.0. The smallest absolute Gasteiger partial charge is 0.344 e. The lowest BCUT2D eigenvalue weighted by Crippen LogP contribution is -2.26. The molecule has 0 radical (unpaired) electrons. The molecule has 0 spiro atoms. The maximum atomic E-state index is 12.7. The van der Waals surface area contributed by atoms with E-state index in [0.29, 0.717) is 70.3 Å². The Balaban J connectivity index is 0.000000199. The molecule has 0 atom stereocenters. The molecule has 8 rings (SSSR count). The van der Waals surface area contributed by atoms with Gasteiger partial charge in [0, 0.05) is 78.9 Å². The number of rotatable bonds is 20. The molecule has 3 aromatic carbocycles. The zero-order chi connectivity index (χ0) is 47.1. The van der Waals surface area contributed by atoms with Crippen molar-refractivity contribution in [2.45, 2.75) is 79.6 Å². The highest BCUT2D eigenvalue weighted by Gasteiger charge is 2.18. The zero-order valence-corrected chi connectivity index (χ0v) is 39.0. The SMILES string of the molecule is CCCCCCCCNc1nc(Nc2ccc3cc(C)c(=O)oc3c2)nc(-n2cccn2)n1.CCCOc1nc(N(CC)CC)nc(N(C)c2ccc3cc(-c4ccccc4)c(=O)oc3c2)n1. The lowest BCUT2D eigenvalue weighted by Gasteiger charge is -2.22. The van der Waals surface area contributed by atoms with E-state index in [1.807, 2.05) is 103 Å². The van der Waals surface area contributed by atoms with Crippen LogP contribution in [0.3, 0.4) is 0 Å². The molecule has 0 bridgehead atoms. The number of benzene rings is 3. The molecule has 5 aromatic heterocycles. The Labute approximate surface area is 389 Å². The number of fused-ring (bicyclic) bond motifs is 2. The van der Waals surface area contributed by atoms with Crippen LogP contribution in [0, 0.1) is 6.92 Å². The number of hydrogen-bond donors (Lipinski definition) is 2. The fourth-order valence-corrected chi connectivity index (χ4v) is 7.15. The van der Waals surface area contributed by atoms with Crippen LogP contribution in [0.2, 0.25) is 0 Å². The second-order valence-electron chi connectivity index (χ2n) is 15.9. The third-order valence-electron chi connectivity index (χ3n) is 10.9. The molecule has 348 valence electrons. The highest BCUT2D eigenvalue weighted by molar-refractivity contribution is 5.85. The molecular weight excluding hydrogens is 849 g/mol. The quantitative estimate of drug-likeness (QED) is 0.0541. The van der Waals surface area contributed by atoms with Gasteiger partial charge in [0.15, 0.2) is 0 Å². The van der Waals surface area contributed by atoms with E-state index in [9.17, 15) is 9.59 Å². The Morgan fingerprint density at radius 2 is 1.40 bits per heavy atom. The van der Waals surface area contributed by atoms with E-state index < -0.39 is 0 Å². The molecule has 0 amide bonds. The second kappa shape index (κ2) is 23.0. The largest absolute Gasteiger partial charge is 0.463 e. The predicted octanol–water partition coefficient (Wildman–Crippen LogP) is 10.0. The summed E-state index contributed by atoms with van der Waals surface area (Å²) in [4.78, 5) is 55.6. The van der Waals surface area contributed by atoms with Crippen LogP contribution >= 0.6 is 0 Å². The van der Waals surface area contributed by atoms with Crippen molar-refractivity contribution < 1.29 is 13.6 Å². The van der Waals surface area contributed by atoms with Gasteiger partial charge in [-0.1, -0.05) is 76.3 Å². The van der Waals surface area contributed by atoms with E-state index in [1.54, 1.807) is 30.1 Å². The van der Waals surface area contributed by atoms with Gasteiger partial charge in [-0.2, -0.15) is 35.0 Å². The van der Waals surface area contributed by atoms with Gasteiger partial charge in [-0.05, 0) is 81.6 Å². The van der Waals surface area contributed by atoms with Crippen LogP contribution in [0.4, 0.5) is 35.2 Å². The fraction of sp³-hybridized carbons (Fsp3) is 0.340. The molecule has 0 aliphatic carbocycles. The lowest BCUT2D eigenvalue weighted by molar-refractivity contribution is 0.291. The van der Waals surface area contributed by atoms with Gasteiger partial charge < -0.3 is 34.0 Å². The van der Waals surface area contributed by atoms with Gasteiger partial charge in [0.2, 0.25) is 23.8 Å². The van der Waals surface area contributed by atoms with Gasteiger partial charge in [0.05, 0.1) is 12.2 Å². The summed E-state index contributed by atoms with van der Waals surface area (Å²) >= 11 is 0. The van der Waals surface area contributed by atoms with Gasteiger partial charge in [-0.25, -0.2) is 14.3 Å². The minimum absolute atomic E-state index is 0.292. The summed E-state index contributed by atoms with van der Waals surface area (Å²) < 4.78 is 18.4. The molecule has 2 N–H and O–H groups in total. The Kier molecular flexibility index (Phi) is 16.2. The zero-order valence-electron chi connectivity index (χ0n) is 39.0.